The van der Waals surface area contributed by atoms with Crippen molar-refractivity contribution in [1.82, 2.24) is 10.2 Å². The maximum atomic E-state index is 13.2. The van der Waals surface area contributed by atoms with Crippen LogP contribution >= 0.6 is 15.9 Å². The Morgan fingerprint density at radius 2 is 2.28 bits per heavy atom. The van der Waals surface area contributed by atoms with Gasteiger partial charge in [-0.25, -0.2) is 4.39 Å². The summed E-state index contributed by atoms with van der Waals surface area (Å²) in [5.74, 6) is -0.194. The van der Waals surface area contributed by atoms with Gasteiger partial charge in [-0.1, -0.05) is 13.0 Å². The first kappa shape index (κ1) is 14.0. The average Bonchev–Trinajstić information content (AvgIpc) is 2.66. The molecule has 0 saturated carbocycles. The molecule has 0 aromatic heterocycles. The van der Waals surface area contributed by atoms with Crippen molar-refractivity contribution in [2.75, 3.05) is 26.7 Å². The average molecular weight is 315 g/mol. The van der Waals surface area contributed by atoms with E-state index in [1.165, 1.54) is 12.5 Å². The first-order chi connectivity index (χ1) is 8.52. The van der Waals surface area contributed by atoms with E-state index >= 15 is 0 Å². The number of hydrogen-bond donors (Lipinski definition) is 1. The van der Waals surface area contributed by atoms with Crippen molar-refractivity contribution in [3.8, 4) is 0 Å². The number of nitrogens with one attached hydrogen (secondary N) is 1. The van der Waals surface area contributed by atoms with E-state index in [2.05, 4.69) is 33.1 Å². The topological polar surface area (TPSA) is 15.3 Å². The molecule has 4 heteroatoms. The molecular formula is C14H20BrFN2. The van der Waals surface area contributed by atoms with Gasteiger partial charge in [0.2, 0.25) is 0 Å². The lowest BCUT2D eigenvalue weighted by Crippen LogP contribution is -2.32. The third-order valence-corrected chi connectivity index (χ3v) is 4.24. The summed E-state index contributed by atoms with van der Waals surface area (Å²) in [6, 6.07) is 5.28. The summed E-state index contributed by atoms with van der Waals surface area (Å²) in [6.07, 6.45) is 1.22. The first-order valence-electron chi connectivity index (χ1n) is 6.33. The van der Waals surface area contributed by atoms with Gasteiger partial charge in [0, 0.05) is 19.6 Å². The van der Waals surface area contributed by atoms with Crippen molar-refractivity contribution >= 4 is 15.9 Å². The highest BCUT2D eigenvalue weighted by molar-refractivity contribution is 9.10. The Morgan fingerprint density at radius 3 is 2.94 bits per heavy atom. The Bertz CT molecular complexity index is 424. The van der Waals surface area contributed by atoms with Crippen molar-refractivity contribution in [1.29, 1.82) is 0 Å². The van der Waals surface area contributed by atoms with E-state index in [9.17, 15) is 4.39 Å². The summed E-state index contributed by atoms with van der Waals surface area (Å²) in [5.41, 5.74) is 1.53. The molecule has 1 fully saturated rings. The third-order valence-electron chi connectivity index (χ3n) is 3.63. The number of hydrogen-bond acceptors (Lipinski definition) is 2. The lowest BCUT2D eigenvalue weighted by Gasteiger charge is -2.24. The molecule has 0 bridgehead atoms. The number of rotatable bonds is 4. The maximum absolute atomic E-state index is 13.2. The molecule has 1 unspecified atom stereocenters. The van der Waals surface area contributed by atoms with Crippen LogP contribution in [0.3, 0.4) is 0 Å². The molecule has 1 atom stereocenters. The zero-order valence-electron chi connectivity index (χ0n) is 11.0. The fraction of sp³-hybridized carbons (Fsp3) is 0.571. The van der Waals surface area contributed by atoms with E-state index in [1.807, 2.05) is 19.2 Å². The fourth-order valence-electron chi connectivity index (χ4n) is 2.73. The number of benzene rings is 1. The second kappa shape index (κ2) is 5.68. The Morgan fingerprint density at radius 1 is 1.50 bits per heavy atom. The van der Waals surface area contributed by atoms with Gasteiger partial charge < -0.3 is 5.32 Å². The number of halogens is 2. The predicted molar refractivity (Wildman–Crippen MR) is 76.0 cm³/mol. The minimum Gasteiger partial charge on any atom is -0.319 e. The Kier molecular flexibility index (Phi) is 4.41. The van der Waals surface area contributed by atoms with Crippen molar-refractivity contribution in [2.45, 2.75) is 19.9 Å². The molecule has 100 valence electrons. The summed E-state index contributed by atoms with van der Waals surface area (Å²) in [5, 5.41) is 3.27. The molecule has 1 N–H and O–H groups in total. The van der Waals surface area contributed by atoms with E-state index in [4.69, 9.17) is 0 Å². The summed E-state index contributed by atoms with van der Waals surface area (Å²) in [6.45, 7) is 6.49. The summed E-state index contributed by atoms with van der Waals surface area (Å²) >= 11 is 3.24. The predicted octanol–water partition coefficient (Wildman–Crippen LogP) is 3.02. The Labute approximate surface area is 117 Å². The molecule has 0 spiro atoms. The molecule has 0 aliphatic carbocycles. The van der Waals surface area contributed by atoms with Crippen LogP contribution in [0, 0.1) is 11.2 Å². The second-order valence-electron chi connectivity index (χ2n) is 5.55. The zero-order valence-corrected chi connectivity index (χ0v) is 12.6. The van der Waals surface area contributed by atoms with Gasteiger partial charge in [-0.05, 0) is 59.1 Å². The van der Waals surface area contributed by atoms with Crippen LogP contribution in [0.2, 0.25) is 0 Å². The zero-order chi connectivity index (χ0) is 13.2. The SMILES string of the molecule is CNCC1(C)CCN(Cc2ccc(F)c(Br)c2)C1. The van der Waals surface area contributed by atoms with Crippen molar-refractivity contribution in [3.63, 3.8) is 0 Å². The molecule has 0 amide bonds. The molecule has 1 heterocycles. The molecule has 1 aromatic rings. The molecule has 1 aromatic carbocycles. The molecular weight excluding hydrogens is 295 g/mol. The lowest BCUT2D eigenvalue weighted by atomic mass is 9.90. The van der Waals surface area contributed by atoms with Crippen LogP contribution < -0.4 is 5.32 Å². The number of likely N-dealkylation sites (tertiary alicyclic amines) is 1. The van der Waals surface area contributed by atoms with Crippen LogP contribution in [0.5, 0.6) is 0 Å². The van der Waals surface area contributed by atoms with Gasteiger partial charge in [0.05, 0.1) is 4.47 Å². The molecule has 1 aliphatic heterocycles. The fourth-order valence-corrected chi connectivity index (χ4v) is 3.15. The first-order valence-corrected chi connectivity index (χ1v) is 7.13. The van der Waals surface area contributed by atoms with Crippen LogP contribution in [0.1, 0.15) is 18.9 Å². The molecule has 1 aliphatic rings. The van der Waals surface area contributed by atoms with E-state index < -0.39 is 0 Å². The summed E-state index contributed by atoms with van der Waals surface area (Å²) in [4.78, 5) is 2.44. The van der Waals surface area contributed by atoms with Crippen LogP contribution in [0.4, 0.5) is 4.39 Å². The maximum Gasteiger partial charge on any atom is 0.137 e. The van der Waals surface area contributed by atoms with Crippen LogP contribution in [-0.2, 0) is 6.54 Å². The van der Waals surface area contributed by atoms with E-state index in [0.29, 0.717) is 9.89 Å². The Hall–Kier alpha value is -0.450. The monoisotopic (exact) mass is 314 g/mol. The van der Waals surface area contributed by atoms with Gasteiger partial charge in [0.15, 0.2) is 0 Å². The molecule has 2 rings (SSSR count). The highest BCUT2D eigenvalue weighted by Crippen LogP contribution is 2.30. The molecule has 1 saturated heterocycles. The van der Waals surface area contributed by atoms with Crippen LogP contribution in [0.15, 0.2) is 22.7 Å². The number of nitrogens with zero attached hydrogens (tertiary/aromatic N) is 1. The van der Waals surface area contributed by atoms with Gasteiger partial charge >= 0.3 is 0 Å². The molecule has 18 heavy (non-hydrogen) atoms. The Balaban J connectivity index is 1.97. The van der Waals surface area contributed by atoms with Crippen molar-refractivity contribution in [2.24, 2.45) is 5.41 Å². The van der Waals surface area contributed by atoms with Gasteiger partial charge in [-0.15, -0.1) is 0 Å². The lowest BCUT2D eigenvalue weighted by molar-refractivity contribution is 0.265. The largest absolute Gasteiger partial charge is 0.319 e. The van der Waals surface area contributed by atoms with Gasteiger partial charge in [0.25, 0.3) is 0 Å². The smallest absolute Gasteiger partial charge is 0.137 e. The van der Waals surface area contributed by atoms with Gasteiger partial charge in [0.1, 0.15) is 5.82 Å². The quantitative estimate of drug-likeness (QED) is 0.919. The summed E-state index contributed by atoms with van der Waals surface area (Å²) < 4.78 is 13.7. The minimum atomic E-state index is -0.194. The highest BCUT2D eigenvalue weighted by Gasteiger charge is 2.32. The van der Waals surface area contributed by atoms with Crippen LogP contribution in [-0.4, -0.2) is 31.6 Å². The van der Waals surface area contributed by atoms with E-state index in [1.54, 1.807) is 0 Å². The summed E-state index contributed by atoms with van der Waals surface area (Å²) in [7, 11) is 2.00. The third kappa shape index (κ3) is 3.31. The van der Waals surface area contributed by atoms with Gasteiger partial charge in [-0.3, -0.25) is 4.90 Å². The standard InChI is InChI=1S/C14H20BrFN2/c1-14(9-17-2)5-6-18(10-14)8-11-3-4-13(16)12(15)7-11/h3-4,7,17H,5-6,8-10H2,1-2H3. The normalized spacial score (nSPS) is 24.7. The molecule has 2 nitrogen and oxygen atoms in total. The van der Waals surface area contributed by atoms with Crippen LogP contribution in [0.25, 0.3) is 0 Å². The van der Waals surface area contributed by atoms with E-state index in [0.717, 1.165) is 31.7 Å². The van der Waals surface area contributed by atoms with Crippen molar-refractivity contribution < 1.29 is 4.39 Å². The van der Waals surface area contributed by atoms with E-state index in [-0.39, 0.29) is 5.82 Å². The van der Waals surface area contributed by atoms with Crippen molar-refractivity contribution in [3.05, 3.63) is 34.1 Å². The minimum absolute atomic E-state index is 0.194. The van der Waals surface area contributed by atoms with Gasteiger partial charge in [-0.2, -0.15) is 0 Å². The highest BCUT2D eigenvalue weighted by atomic mass is 79.9. The second-order valence-corrected chi connectivity index (χ2v) is 6.40. The molecule has 0 radical (unpaired) electrons.